The zero-order valence-corrected chi connectivity index (χ0v) is 8.33. The number of carbonyl (C=O) groups excluding carboxylic acids is 1. The Bertz CT molecular complexity index is 285. The molecule has 0 saturated heterocycles. The molecule has 3 nitrogen and oxygen atoms in total. The fraction of sp³-hybridized carbons (Fsp3) is 0.900. The molecule has 0 radical (unpaired) electrons. The van der Waals surface area contributed by atoms with Gasteiger partial charge in [0.1, 0.15) is 0 Å². The van der Waals surface area contributed by atoms with Crippen molar-refractivity contribution in [3.8, 4) is 0 Å². The van der Waals surface area contributed by atoms with E-state index in [1.54, 1.807) is 0 Å². The molecule has 3 heteroatoms. The minimum absolute atomic E-state index is 0.0390. The molecule has 2 rings (SSSR count). The maximum absolute atomic E-state index is 11.8. The standard InChI is InChI=1S/C10H15NO2/c1-9(2)6-4-5-10(9,3)8(12)7(6)11-13/h6-7H,4-5H2,1-3H3/t6?,7?,10-/m1/s1. The summed E-state index contributed by atoms with van der Waals surface area (Å²) in [7, 11) is 0. The number of ketones is 1. The van der Waals surface area contributed by atoms with Crippen molar-refractivity contribution in [2.45, 2.75) is 39.7 Å². The van der Waals surface area contributed by atoms with Crippen molar-refractivity contribution in [2.75, 3.05) is 0 Å². The summed E-state index contributed by atoms with van der Waals surface area (Å²) < 4.78 is 0. The van der Waals surface area contributed by atoms with Gasteiger partial charge in [0, 0.05) is 5.41 Å². The molecule has 0 aromatic rings. The van der Waals surface area contributed by atoms with Crippen molar-refractivity contribution in [3.63, 3.8) is 0 Å². The lowest BCUT2D eigenvalue weighted by Crippen LogP contribution is -2.34. The van der Waals surface area contributed by atoms with Gasteiger partial charge in [0.15, 0.2) is 11.8 Å². The van der Waals surface area contributed by atoms with Crippen LogP contribution in [0.4, 0.5) is 0 Å². The van der Waals surface area contributed by atoms with Crippen molar-refractivity contribution >= 4 is 5.78 Å². The maximum Gasteiger partial charge on any atom is 0.167 e. The van der Waals surface area contributed by atoms with Gasteiger partial charge in [-0.3, -0.25) is 4.79 Å². The molecule has 0 amide bonds. The Morgan fingerprint density at radius 2 is 2.00 bits per heavy atom. The average molecular weight is 181 g/mol. The van der Waals surface area contributed by atoms with E-state index in [1.165, 1.54) is 0 Å². The number of carbonyl (C=O) groups is 1. The van der Waals surface area contributed by atoms with Crippen LogP contribution in [-0.2, 0) is 4.79 Å². The summed E-state index contributed by atoms with van der Waals surface area (Å²) in [4.78, 5) is 22.4. The summed E-state index contributed by atoms with van der Waals surface area (Å²) in [6.45, 7) is 6.17. The molecule has 0 heterocycles. The molecule has 2 bridgehead atoms. The van der Waals surface area contributed by atoms with Gasteiger partial charge in [-0.2, -0.15) is 4.91 Å². The van der Waals surface area contributed by atoms with E-state index in [-0.39, 0.29) is 22.5 Å². The van der Waals surface area contributed by atoms with Gasteiger partial charge in [-0.15, -0.1) is 0 Å². The van der Waals surface area contributed by atoms with Crippen LogP contribution in [0.1, 0.15) is 33.6 Å². The molecule has 2 fully saturated rings. The Labute approximate surface area is 77.9 Å². The number of nitroso groups, excluding NO2 is 1. The Kier molecular flexibility index (Phi) is 1.49. The van der Waals surface area contributed by atoms with Gasteiger partial charge >= 0.3 is 0 Å². The summed E-state index contributed by atoms with van der Waals surface area (Å²) in [6.07, 6.45) is 1.90. The normalized spacial score (nSPS) is 46.8. The van der Waals surface area contributed by atoms with E-state index in [0.717, 1.165) is 12.8 Å². The summed E-state index contributed by atoms with van der Waals surface area (Å²) in [6, 6.07) is -0.561. The van der Waals surface area contributed by atoms with E-state index in [9.17, 15) is 9.70 Å². The summed E-state index contributed by atoms with van der Waals surface area (Å²) in [5.74, 6) is 0.256. The van der Waals surface area contributed by atoms with Crippen LogP contribution in [0.25, 0.3) is 0 Å². The molecule has 2 aliphatic rings. The summed E-state index contributed by atoms with van der Waals surface area (Å²) in [5.41, 5.74) is -0.334. The zero-order chi connectivity index (χ0) is 9.85. The van der Waals surface area contributed by atoms with Gasteiger partial charge in [0.2, 0.25) is 0 Å². The van der Waals surface area contributed by atoms with Gasteiger partial charge in [-0.05, 0) is 24.2 Å². The Morgan fingerprint density at radius 1 is 1.38 bits per heavy atom. The lowest BCUT2D eigenvalue weighted by molar-refractivity contribution is -0.129. The molecule has 2 saturated carbocycles. The zero-order valence-electron chi connectivity index (χ0n) is 8.33. The molecule has 0 aromatic carbocycles. The fourth-order valence-corrected chi connectivity index (χ4v) is 3.16. The molecular formula is C10H15NO2. The minimum Gasteiger partial charge on any atom is -0.296 e. The van der Waals surface area contributed by atoms with Crippen LogP contribution in [-0.4, -0.2) is 11.8 Å². The Balaban J connectivity index is 2.50. The van der Waals surface area contributed by atoms with E-state index >= 15 is 0 Å². The lowest BCUT2D eigenvalue weighted by atomic mass is 9.70. The smallest absolute Gasteiger partial charge is 0.167 e. The van der Waals surface area contributed by atoms with Crippen LogP contribution in [0.15, 0.2) is 5.18 Å². The van der Waals surface area contributed by atoms with Crippen molar-refractivity contribution < 1.29 is 4.79 Å². The first-order chi connectivity index (χ1) is 5.95. The highest BCUT2D eigenvalue weighted by Gasteiger charge is 2.67. The van der Waals surface area contributed by atoms with E-state index in [1.807, 2.05) is 6.92 Å². The highest BCUT2D eigenvalue weighted by atomic mass is 16.3. The van der Waals surface area contributed by atoms with E-state index in [4.69, 9.17) is 0 Å². The fourth-order valence-electron chi connectivity index (χ4n) is 3.16. The van der Waals surface area contributed by atoms with Crippen molar-refractivity contribution in [2.24, 2.45) is 21.9 Å². The van der Waals surface area contributed by atoms with Gasteiger partial charge in [-0.25, -0.2) is 0 Å². The van der Waals surface area contributed by atoms with Gasteiger partial charge in [-0.1, -0.05) is 25.9 Å². The third-order valence-electron chi connectivity index (χ3n) is 4.61. The van der Waals surface area contributed by atoms with Gasteiger partial charge in [0.05, 0.1) is 0 Å². The Morgan fingerprint density at radius 3 is 2.31 bits per heavy atom. The van der Waals surface area contributed by atoms with Crippen LogP contribution in [0, 0.1) is 21.7 Å². The molecule has 72 valence electrons. The topological polar surface area (TPSA) is 46.5 Å². The number of Topliss-reactive ketones (excluding diaryl/α,β-unsaturated/α-hetero) is 1. The Hall–Kier alpha value is -0.730. The number of nitrogens with zero attached hydrogens (tertiary/aromatic N) is 1. The monoisotopic (exact) mass is 181 g/mol. The largest absolute Gasteiger partial charge is 0.296 e. The van der Waals surface area contributed by atoms with Gasteiger partial charge < -0.3 is 0 Å². The first-order valence-corrected chi connectivity index (χ1v) is 4.82. The van der Waals surface area contributed by atoms with E-state index in [0.29, 0.717) is 0 Å². The summed E-state index contributed by atoms with van der Waals surface area (Å²) in [5, 5.41) is 2.99. The third-order valence-corrected chi connectivity index (χ3v) is 4.61. The van der Waals surface area contributed by atoms with Crippen LogP contribution in [0.5, 0.6) is 0 Å². The highest BCUT2D eigenvalue weighted by Crippen LogP contribution is 2.64. The number of fused-ring (bicyclic) bond motifs is 2. The first kappa shape index (κ1) is 8.85. The van der Waals surface area contributed by atoms with Crippen molar-refractivity contribution in [1.82, 2.24) is 0 Å². The maximum atomic E-state index is 11.8. The van der Waals surface area contributed by atoms with Crippen LogP contribution >= 0.6 is 0 Å². The average Bonchev–Trinajstić information content (AvgIpc) is 2.36. The number of rotatable bonds is 1. The third kappa shape index (κ3) is 0.736. The quantitative estimate of drug-likeness (QED) is 0.582. The second kappa shape index (κ2) is 2.20. The van der Waals surface area contributed by atoms with E-state index < -0.39 is 6.04 Å². The van der Waals surface area contributed by atoms with Crippen LogP contribution in [0.3, 0.4) is 0 Å². The molecule has 0 aromatic heterocycles. The van der Waals surface area contributed by atoms with Crippen molar-refractivity contribution in [1.29, 1.82) is 0 Å². The summed E-state index contributed by atoms with van der Waals surface area (Å²) >= 11 is 0. The second-order valence-electron chi connectivity index (χ2n) is 5.11. The lowest BCUT2D eigenvalue weighted by Gasteiger charge is -2.31. The number of hydrogen-bond acceptors (Lipinski definition) is 3. The predicted octanol–water partition coefficient (Wildman–Crippen LogP) is 2.15. The van der Waals surface area contributed by atoms with E-state index in [2.05, 4.69) is 19.0 Å². The first-order valence-electron chi connectivity index (χ1n) is 4.82. The molecule has 0 N–H and O–H groups in total. The van der Waals surface area contributed by atoms with Crippen molar-refractivity contribution in [3.05, 3.63) is 4.91 Å². The molecule has 2 unspecified atom stereocenters. The highest BCUT2D eigenvalue weighted by molar-refractivity contribution is 5.94. The van der Waals surface area contributed by atoms with Crippen LogP contribution < -0.4 is 0 Å². The molecule has 2 aliphatic carbocycles. The molecule has 13 heavy (non-hydrogen) atoms. The molecular weight excluding hydrogens is 166 g/mol. The SMILES string of the molecule is CC1(C)C2CC[C@]1(C)C(=O)C2N=O. The molecule has 3 atom stereocenters. The number of hydrogen-bond donors (Lipinski definition) is 0. The predicted molar refractivity (Wildman–Crippen MR) is 49.2 cm³/mol. The van der Waals surface area contributed by atoms with Crippen LogP contribution in [0.2, 0.25) is 0 Å². The molecule has 0 aliphatic heterocycles. The second-order valence-corrected chi connectivity index (χ2v) is 5.11. The minimum atomic E-state index is -0.561. The molecule has 0 spiro atoms. The van der Waals surface area contributed by atoms with Gasteiger partial charge in [0.25, 0.3) is 0 Å².